The molecule has 2 rings (SSSR count). The molecular formula is C26H41ClFN3O6. The van der Waals surface area contributed by atoms with Crippen molar-refractivity contribution >= 4 is 29.4 Å². The number of ether oxygens (including phenoxy) is 3. The number of carbonyl (C=O) groups excluding carboxylic acids is 2. The van der Waals surface area contributed by atoms with Gasteiger partial charge in [0.05, 0.1) is 5.88 Å². The van der Waals surface area contributed by atoms with Crippen LogP contribution in [-0.2, 0) is 29.6 Å². The van der Waals surface area contributed by atoms with Crippen LogP contribution in [0.15, 0.2) is 17.1 Å². The van der Waals surface area contributed by atoms with Gasteiger partial charge in [-0.15, -0.1) is 11.6 Å². The Morgan fingerprint density at radius 2 is 1.70 bits per heavy atom. The first-order valence-corrected chi connectivity index (χ1v) is 13.9. The first-order valence-electron chi connectivity index (χ1n) is 13.3. The summed E-state index contributed by atoms with van der Waals surface area (Å²) in [7, 11) is 0. The monoisotopic (exact) mass is 545 g/mol. The average Bonchev–Trinajstić information content (AvgIpc) is 3.15. The Balaban J connectivity index is 2.19. The molecule has 37 heavy (non-hydrogen) atoms. The minimum atomic E-state index is -2.63. The summed E-state index contributed by atoms with van der Waals surface area (Å²) in [6.45, 7) is 3.11. The molecule has 1 aromatic rings. The second-order valence-electron chi connectivity index (χ2n) is 9.67. The highest BCUT2D eigenvalue weighted by Crippen LogP contribution is 2.43. The third-order valence-electron chi connectivity index (χ3n) is 6.59. The highest BCUT2D eigenvalue weighted by Gasteiger charge is 2.64. The number of alkyl halides is 2. The van der Waals surface area contributed by atoms with Crippen LogP contribution in [0, 0.1) is 0 Å². The van der Waals surface area contributed by atoms with E-state index in [4.69, 9.17) is 31.5 Å². The van der Waals surface area contributed by atoms with Gasteiger partial charge in [0.15, 0.2) is 11.7 Å². The molecule has 3 atom stereocenters. The maximum atomic E-state index is 16.6. The molecule has 2 heterocycles. The lowest BCUT2D eigenvalue weighted by Crippen LogP contribution is -2.57. The molecule has 0 amide bonds. The van der Waals surface area contributed by atoms with Crippen LogP contribution in [0.4, 0.5) is 10.2 Å². The van der Waals surface area contributed by atoms with Gasteiger partial charge in [-0.3, -0.25) is 14.2 Å². The lowest BCUT2D eigenvalue weighted by molar-refractivity contribution is -0.177. The van der Waals surface area contributed by atoms with Crippen molar-refractivity contribution in [3.63, 3.8) is 0 Å². The number of nitrogen functional groups attached to an aromatic ring is 1. The van der Waals surface area contributed by atoms with Crippen LogP contribution in [-0.4, -0.2) is 52.3 Å². The summed E-state index contributed by atoms with van der Waals surface area (Å²) in [6.07, 6.45) is 9.07. The number of nitrogens with two attached hydrogens (primary N) is 1. The van der Waals surface area contributed by atoms with E-state index in [0.717, 1.165) is 57.6 Å². The van der Waals surface area contributed by atoms with Crippen molar-refractivity contribution in [2.75, 3.05) is 24.8 Å². The number of nitrogens with zero attached hydrogens (tertiary/aromatic N) is 2. The molecule has 1 aliphatic heterocycles. The van der Waals surface area contributed by atoms with Gasteiger partial charge in [0.25, 0.3) is 5.79 Å². The molecule has 0 aromatic carbocycles. The fourth-order valence-electron chi connectivity index (χ4n) is 4.37. The van der Waals surface area contributed by atoms with Crippen LogP contribution in [0.1, 0.15) is 90.9 Å². The Morgan fingerprint density at radius 1 is 1.11 bits per heavy atom. The zero-order valence-electron chi connectivity index (χ0n) is 22.0. The quantitative estimate of drug-likeness (QED) is 0.171. The standard InChI is InChI=1S/C26H41ClFN3O6/c1-3-5-7-9-11-13-21(32)35-18-25(17-27)23(37-22(33)14-12-10-8-6-4-2)26(28,19-36-25)31-16-15-20(29)30-24(31)34/h15-16,23H,3-14,17-19H2,1-2H3,(H2,29,30,34)/t23-,25-,26+/m1/s1. The second kappa shape index (κ2) is 15.3. The van der Waals surface area contributed by atoms with E-state index in [2.05, 4.69) is 18.8 Å². The van der Waals surface area contributed by atoms with Crippen LogP contribution >= 0.6 is 11.6 Å². The predicted molar refractivity (Wildman–Crippen MR) is 139 cm³/mol. The van der Waals surface area contributed by atoms with Crippen LogP contribution in [0.25, 0.3) is 0 Å². The maximum Gasteiger partial charge on any atom is 0.352 e. The van der Waals surface area contributed by atoms with E-state index in [1.165, 1.54) is 6.07 Å². The highest BCUT2D eigenvalue weighted by molar-refractivity contribution is 6.18. The Bertz CT molecular complexity index is 932. The number of rotatable bonds is 17. The molecule has 1 aromatic heterocycles. The fourth-order valence-corrected chi connectivity index (χ4v) is 4.66. The molecule has 0 spiro atoms. The van der Waals surface area contributed by atoms with Gasteiger partial charge in [0.1, 0.15) is 19.0 Å². The summed E-state index contributed by atoms with van der Waals surface area (Å²) in [5.41, 5.74) is 2.90. The summed E-state index contributed by atoms with van der Waals surface area (Å²) in [6, 6.07) is 1.26. The van der Waals surface area contributed by atoms with Crippen LogP contribution in [0.5, 0.6) is 0 Å². The first kappa shape index (κ1) is 31.0. The van der Waals surface area contributed by atoms with E-state index in [1.54, 1.807) is 0 Å². The van der Waals surface area contributed by atoms with E-state index in [1.807, 2.05) is 0 Å². The van der Waals surface area contributed by atoms with Gasteiger partial charge < -0.3 is 19.9 Å². The van der Waals surface area contributed by atoms with Gasteiger partial charge >= 0.3 is 17.6 Å². The third-order valence-corrected chi connectivity index (χ3v) is 7.04. The predicted octanol–water partition coefficient (Wildman–Crippen LogP) is 4.63. The molecule has 0 saturated carbocycles. The van der Waals surface area contributed by atoms with Crippen molar-refractivity contribution in [3.05, 3.63) is 22.7 Å². The minimum absolute atomic E-state index is 0.0705. The summed E-state index contributed by atoms with van der Waals surface area (Å²) in [4.78, 5) is 41.2. The van der Waals surface area contributed by atoms with Crippen molar-refractivity contribution in [1.82, 2.24) is 9.55 Å². The van der Waals surface area contributed by atoms with Gasteiger partial charge in [-0.1, -0.05) is 65.2 Å². The fraction of sp³-hybridized carbons (Fsp3) is 0.769. The summed E-state index contributed by atoms with van der Waals surface area (Å²) >= 11 is 6.23. The Morgan fingerprint density at radius 3 is 2.27 bits per heavy atom. The molecule has 210 valence electrons. The first-order chi connectivity index (χ1) is 17.7. The molecule has 0 unspecified atom stereocenters. The van der Waals surface area contributed by atoms with Crippen molar-refractivity contribution in [3.8, 4) is 0 Å². The van der Waals surface area contributed by atoms with Gasteiger partial charge in [0, 0.05) is 19.0 Å². The SMILES string of the molecule is CCCCCCCC(=O)OC[C@@]1(CCl)OC[C@](F)(n2ccc(N)nc2=O)[C@@H]1OC(=O)CCCCCCC. The van der Waals surface area contributed by atoms with E-state index in [0.29, 0.717) is 17.4 Å². The van der Waals surface area contributed by atoms with E-state index < -0.39 is 48.3 Å². The molecule has 0 radical (unpaired) electrons. The number of halogens is 2. The van der Waals surface area contributed by atoms with Gasteiger partial charge in [0.2, 0.25) is 0 Å². The van der Waals surface area contributed by atoms with Crippen molar-refractivity contribution < 1.29 is 28.2 Å². The molecule has 0 bridgehead atoms. The van der Waals surface area contributed by atoms with Gasteiger partial charge in [-0.05, 0) is 18.9 Å². The zero-order valence-corrected chi connectivity index (χ0v) is 22.8. The maximum absolute atomic E-state index is 16.6. The molecule has 0 aliphatic carbocycles. The average molecular weight is 546 g/mol. The molecule has 11 heteroatoms. The number of anilines is 1. The van der Waals surface area contributed by atoms with Crippen molar-refractivity contribution in [2.24, 2.45) is 0 Å². The van der Waals surface area contributed by atoms with E-state index in [-0.39, 0.29) is 24.5 Å². The largest absolute Gasteiger partial charge is 0.462 e. The number of unbranched alkanes of at least 4 members (excludes halogenated alkanes) is 8. The van der Waals surface area contributed by atoms with Crippen LogP contribution in [0.2, 0.25) is 0 Å². The minimum Gasteiger partial charge on any atom is -0.462 e. The second-order valence-corrected chi connectivity index (χ2v) is 9.94. The van der Waals surface area contributed by atoms with Crippen molar-refractivity contribution in [2.45, 2.75) is 108 Å². The molecule has 9 nitrogen and oxygen atoms in total. The Kier molecular flexibility index (Phi) is 12.8. The number of esters is 2. The van der Waals surface area contributed by atoms with Gasteiger partial charge in [-0.2, -0.15) is 4.98 Å². The number of carbonyl (C=O) groups is 2. The van der Waals surface area contributed by atoms with Gasteiger partial charge in [-0.25, -0.2) is 9.18 Å². The molecule has 1 fully saturated rings. The summed E-state index contributed by atoms with van der Waals surface area (Å²) < 4.78 is 34.0. The summed E-state index contributed by atoms with van der Waals surface area (Å²) in [5, 5.41) is 0. The lowest BCUT2D eigenvalue weighted by atomic mass is 9.94. The molecule has 1 aliphatic rings. The van der Waals surface area contributed by atoms with Crippen LogP contribution < -0.4 is 11.4 Å². The van der Waals surface area contributed by atoms with Crippen molar-refractivity contribution in [1.29, 1.82) is 0 Å². The topological polar surface area (TPSA) is 123 Å². The van der Waals surface area contributed by atoms with E-state index in [9.17, 15) is 14.4 Å². The number of hydrogen-bond donors (Lipinski definition) is 1. The van der Waals surface area contributed by atoms with E-state index >= 15 is 4.39 Å². The normalized spacial score (nSPS) is 23.2. The highest BCUT2D eigenvalue weighted by atomic mass is 35.5. The smallest absolute Gasteiger partial charge is 0.352 e. The molecule has 2 N–H and O–H groups in total. The zero-order chi connectivity index (χ0) is 27.3. The molecule has 1 saturated heterocycles. The summed E-state index contributed by atoms with van der Waals surface area (Å²) in [5.74, 6) is -4.18. The Hall–Kier alpha value is -2.20. The number of hydrogen-bond acceptors (Lipinski definition) is 8. The number of aromatic nitrogens is 2. The lowest BCUT2D eigenvalue weighted by Gasteiger charge is -2.35. The van der Waals surface area contributed by atoms with Crippen LogP contribution in [0.3, 0.4) is 0 Å². The Labute approximate surface area is 223 Å². The third kappa shape index (κ3) is 8.67. The molecular weight excluding hydrogens is 505 g/mol.